The van der Waals surface area contributed by atoms with Crippen LogP contribution in [-0.2, 0) is 4.74 Å². The minimum absolute atomic E-state index is 0.367. The Morgan fingerprint density at radius 2 is 1.68 bits per heavy atom. The van der Waals surface area contributed by atoms with Crippen molar-refractivity contribution in [2.75, 3.05) is 12.4 Å². The van der Waals surface area contributed by atoms with Crippen LogP contribution in [0.2, 0.25) is 0 Å². The molecule has 2 aromatic carbocycles. The van der Waals surface area contributed by atoms with Crippen molar-refractivity contribution in [3.05, 3.63) is 60.7 Å². The Kier molecular flexibility index (Phi) is 3.66. The summed E-state index contributed by atoms with van der Waals surface area (Å²) in [6.45, 7) is 0.859. The number of para-hydroxylation sites is 1. The van der Waals surface area contributed by atoms with E-state index in [2.05, 4.69) is 39.0 Å². The lowest BCUT2D eigenvalue weighted by atomic mass is 10.2. The predicted molar refractivity (Wildman–Crippen MR) is 87.3 cm³/mol. The van der Waals surface area contributed by atoms with Crippen LogP contribution in [0.15, 0.2) is 65.8 Å². The van der Waals surface area contributed by atoms with Crippen molar-refractivity contribution in [3.8, 4) is 17.1 Å². The van der Waals surface area contributed by atoms with Gasteiger partial charge in [0, 0.05) is 17.0 Å². The SMILES string of the molecule is c1ccc(-c2nnc(SCC3CO3)n2-c2ccccc2)cc1. The van der Waals surface area contributed by atoms with Gasteiger partial charge in [0.25, 0.3) is 0 Å². The highest BCUT2D eigenvalue weighted by molar-refractivity contribution is 7.99. The maximum atomic E-state index is 5.29. The van der Waals surface area contributed by atoms with Gasteiger partial charge in [-0.15, -0.1) is 10.2 Å². The van der Waals surface area contributed by atoms with Crippen LogP contribution >= 0.6 is 11.8 Å². The number of epoxide rings is 1. The zero-order valence-electron chi connectivity index (χ0n) is 11.9. The van der Waals surface area contributed by atoms with Crippen molar-refractivity contribution in [2.45, 2.75) is 11.3 Å². The molecule has 5 heteroatoms. The molecule has 0 aliphatic carbocycles. The fourth-order valence-electron chi connectivity index (χ4n) is 2.28. The number of thioether (sulfide) groups is 1. The molecule has 1 atom stereocenters. The molecule has 3 aromatic rings. The van der Waals surface area contributed by atoms with Gasteiger partial charge in [-0.3, -0.25) is 4.57 Å². The summed E-state index contributed by atoms with van der Waals surface area (Å²) in [5, 5.41) is 9.70. The summed E-state index contributed by atoms with van der Waals surface area (Å²) in [5.74, 6) is 1.78. The van der Waals surface area contributed by atoms with Crippen molar-refractivity contribution >= 4 is 11.8 Å². The summed E-state index contributed by atoms with van der Waals surface area (Å²) < 4.78 is 7.40. The minimum atomic E-state index is 0.367. The molecule has 0 N–H and O–H groups in total. The standard InChI is InChI=1S/C17H15N3OS/c1-3-7-13(8-4-1)16-18-19-17(22-12-15-11-21-15)20(16)14-9-5-2-6-10-14/h1-10,15H,11-12H2. The Labute approximate surface area is 133 Å². The zero-order valence-corrected chi connectivity index (χ0v) is 12.7. The molecule has 1 fully saturated rings. The molecule has 1 aromatic heterocycles. The van der Waals surface area contributed by atoms with Crippen LogP contribution in [0.3, 0.4) is 0 Å². The van der Waals surface area contributed by atoms with Crippen molar-refractivity contribution in [3.63, 3.8) is 0 Å². The van der Waals surface area contributed by atoms with Crippen molar-refractivity contribution in [2.24, 2.45) is 0 Å². The maximum absolute atomic E-state index is 5.29. The number of rotatable bonds is 5. The van der Waals surface area contributed by atoms with Crippen LogP contribution in [0.5, 0.6) is 0 Å². The van der Waals surface area contributed by atoms with Crippen molar-refractivity contribution in [1.82, 2.24) is 14.8 Å². The average Bonchev–Trinajstić information content (AvgIpc) is 3.32. The summed E-state index contributed by atoms with van der Waals surface area (Å²) in [4.78, 5) is 0. The van der Waals surface area contributed by atoms with Gasteiger partial charge in [0.2, 0.25) is 0 Å². The fraction of sp³-hybridized carbons (Fsp3) is 0.176. The third kappa shape index (κ3) is 2.77. The molecule has 110 valence electrons. The van der Waals surface area contributed by atoms with E-state index in [1.165, 1.54) is 0 Å². The highest BCUT2D eigenvalue weighted by atomic mass is 32.2. The number of hydrogen-bond donors (Lipinski definition) is 0. The van der Waals surface area contributed by atoms with Crippen LogP contribution in [-0.4, -0.2) is 33.2 Å². The molecule has 0 spiro atoms. The van der Waals surface area contributed by atoms with Crippen molar-refractivity contribution in [1.29, 1.82) is 0 Å². The minimum Gasteiger partial charge on any atom is -0.372 e. The molecule has 4 rings (SSSR count). The van der Waals surface area contributed by atoms with Gasteiger partial charge in [0.15, 0.2) is 11.0 Å². The van der Waals surface area contributed by atoms with Crippen LogP contribution in [0.1, 0.15) is 0 Å². The Morgan fingerprint density at radius 3 is 2.36 bits per heavy atom. The predicted octanol–water partition coefficient (Wildman–Crippen LogP) is 3.43. The first-order valence-electron chi connectivity index (χ1n) is 7.22. The lowest BCUT2D eigenvalue weighted by Crippen LogP contribution is -2.00. The highest BCUT2D eigenvalue weighted by Gasteiger charge is 2.24. The maximum Gasteiger partial charge on any atom is 0.196 e. The Bertz CT molecular complexity index is 754. The molecule has 1 aliphatic heterocycles. The van der Waals surface area contributed by atoms with Gasteiger partial charge in [-0.2, -0.15) is 0 Å². The van der Waals surface area contributed by atoms with Gasteiger partial charge >= 0.3 is 0 Å². The number of hydrogen-bond acceptors (Lipinski definition) is 4. The molecule has 1 saturated heterocycles. The summed E-state index contributed by atoms with van der Waals surface area (Å²) in [5.41, 5.74) is 2.14. The summed E-state index contributed by atoms with van der Waals surface area (Å²) in [7, 11) is 0. The third-order valence-corrected chi connectivity index (χ3v) is 4.54. The van der Waals surface area contributed by atoms with E-state index in [9.17, 15) is 0 Å². The topological polar surface area (TPSA) is 43.2 Å². The van der Waals surface area contributed by atoms with Gasteiger partial charge in [0.1, 0.15) is 0 Å². The molecule has 22 heavy (non-hydrogen) atoms. The second-order valence-electron chi connectivity index (χ2n) is 5.11. The Hall–Kier alpha value is -2.11. The first kappa shape index (κ1) is 13.5. The van der Waals surface area contributed by atoms with E-state index in [1.807, 2.05) is 36.4 Å². The number of benzene rings is 2. The van der Waals surface area contributed by atoms with E-state index in [-0.39, 0.29) is 0 Å². The van der Waals surface area contributed by atoms with E-state index in [1.54, 1.807) is 11.8 Å². The quantitative estimate of drug-likeness (QED) is 0.535. The fourth-order valence-corrected chi connectivity index (χ4v) is 3.23. The normalized spacial score (nSPS) is 16.6. The molecular weight excluding hydrogens is 294 g/mol. The van der Waals surface area contributed by atoms with Gasteiger partial charge in [0.05, 0.1) is 12.7 Å². The van der Waals surface area contributed by atoms with E-state index < -0.39 is 0 Å². The van der Waals surface area contributed by atoms with Gasteiger partial charge in [-0.25, -0.2) is 0 Å². The van der Waals surface area contributed by atoms with Gasteiger partial charge in [-0.05, 0) is 12.1 Å². The smallest absolute Gasteiger partial charge is 0.196 e. The lowest BCUT2D eigenvalue weighted by Gasteiger charge is -2.09. The molecular formula is C17H15N3OS. The number of nitrogens with zero attached hydrogens (tertiary/aromatic N) is 3. The Morgan fingerprint density at radius 1 is 1.00 bits per heavy atom. The molecule has 4 nitrogen and oxygen atoms in total. The van der Waals surface area contributed by atoms with E-state index in [0.29, 0.717) is 6.10 Å². The number of ether oxygens (including phenoxy) is 1. The monoisotopic (exact) mass is 309 g/mol. The van der Waals surface area contributed by atoms with Gasteiger partial charge < -0.3 is 4.74 Å². The Balaban J connectivity index is 1.77. The average molecular weight is 309 g/mol. The number of aromatic nitrogens is 3. The molecule has 2 heterocycles. The molecule has 0 radical (unpaired) electrons. The first-order valence-corrected chi connectivity index (χ1v) is 8.21. The second-order valence-corrected chi connectivity index (χ2v) is 6.10. The molecule has 0 amide bonds. The summed E-state index contributed by atoms with van der Waals surface area (Å²) in [6.07, 6.45) is 0.367. The first-order chi connectivity index (χ1) is 10.9. The molecule has 0 saturated carbocycles. The third-order valence-electron chi connectivity index (χ3n) is 3.48. The highest BCUT2D eigenvalue weighted by Crippen LogP contribution is 2.29. The van der Waals surface area contributed by atoms with Crippen LogP contribution in [0.25, 0.3) is 17.1 Å². The van der Waals surface area contributed by atoms with Crippen molar-refractivity contribution < 1.29 is 4.74 Å². The summed E-state index contributed by atoms with van der Waals surface area (Å²) >= 11 is 1.69. The van der Waals surface area contributed by atoms with E-state index in [0.717, 1.165) is 34.6 Å². The van der Waals surface area contributed by atoms with Crippen LogP contribution in [0, 0.1) is 0 Å². The largest absolute Gasteiger partial charge is 0.372 e. The lowest BCUT2D eigenvalue weighted by molar-refractivity contribution is 0.426. The zero-order chi connectivity index (χ0) is 14.8. The molecule has 1 aliphatic rings. The van der Waals surface area contributed by atoms with E-state index >= 15 is 0 Å². The summed E-state index contributed by atoms with van der Waals surface area (Å²) in [6, 6.07) is 20.4. The van der Waals surface area contributed by atoms with Gasteiger partial charge in [-0.1, -0.05) is 60.3 Å². The van der Waals surface area contributed by atoms with Crippen LogP contribution in [0.4, 0.5) is 0 Å². The second kappa shape index (κ2) is 5.94. The van der Waals surface area contributed by atoms with Crippen LogP contribution < -0.4 is 0 Å². The molecule has 0 bridgehead atoms. The molecule has 1 unspecified atom stereocenters. The van der Waals surface area contributed by atoms with E-state index in [4.69, 9.17) is 4.74 Å².